The van der Waals surface area contributed by atoms with Gasteiger partial charge in [-0.25, -0.2) is 13.2 Å². The third kappa shape index (κ3) is 6.87. The number of nitrogens with two attached hydrogens (primary N) is 1. The van der Waals surface area contributed by atoms with Crippen LogP contribution in [0.5, 0.6) is 0 Å². The Bertz CT molecular complexity index is 1370. The van der Waals surface area contributed by atoms with E-state index in [0.717, 1.165) is 18.7 Å². The summed E-state index contributed by atoms with van der Waals surface area (Å²) in [5.41, 5.74) is 7.39. The lowest BCUT2D eigenvalue weighted by molar-refractivity contribution is -0.384. The van der Waals surface area contributed by atoms with Crippen molar-refractivity contribution >= 4 is 38.8 Å². The van der Waals surface area contributed by atoms with E-state index in [1.54, 1.807) is 24.3 Å². The summed E-state index contributed by atoms with van der Waals surface area (Å²) < 4.78 is 25.6. The van der Waals surface area contributed by atoms with Crippen molar-refractivity contribution in [1.82, 2.24) is 4.90 Å². The van der Waals surface area contributed by atoms with Crippen LogP contribution in [0.4, 0.5) is 21.9 Å². The fourth-order valence-corrected chi connectivity index (χ4v) is 4.37. The van der Waals surface area contributed by atoms with E-state index < -0.39 is 20.8 Å². The molecule has 0 spiro atoms. The van der Waals surface area contributed by atoms with Gasteiger partial charge in [0.2, 0.25) is 9.84 Å². The number of nitrogens with one attached hydrogen (secondary N) is 2. The molecule has 0 aromatic heterocycles. The molecule has 2 amide bonds. The Balaban J connectivity index is 1.64. The van der Waals surface area contributed by atoms with Crippen LogP contribution in [0.2, 0.25) is 0 Å². The first-order chi connectivity index (χ1) is 17.1. The zero-order valence-corrected chi connectivity index (χ0v) is 20.5. The van der Waals surface area contributed by atoms with Gasteiger partial charge in [0.15, 0.2) is 0 Å². The Labute approximate surface area is 208 Å². The third-order valence-corrected chi connectivity index (χ3v) is 6.81. The Morgan fingerprint density at radius 3 is 2.14 bits per heavy atom. The van der Waals surface area contributed by atoms with E-state index in [-0.39, 0.29) is 15.5 Å². The number of nitro benzene ring substituents is 1. The number of likely N-dealkylation sites (N-methyl/N-ethyl adjacent to an activating group) is 1. The van der Waals surface area contributed by atoms with E-state index in [4.69, 9.17) is 5.73 Å². The molecule has 0 saturated carbocycles. The summed E-state index contributed by atoms with van der Waals surface area (Å²) in [6.45, 7) is 1.31. The highest BCUT2D eigenvalue weighted by Crippen LogP contribution is 2.24. The number of urea groups is 1. The number of aliphatic imine (C=N–C) groups is 1. The van der Waals surface area contributed by atoms with E-state index in [2.05, 4.69) is 15.6 Å². The lowest BCUT2D eigenvalue weighted by Gasteiger charge is -2.10. The Morgan fingerprint density at radius 2 is 1.56 bits per heavy atom. The number of non-ortho nitro benzene ring substituents is 1. The number of nitrogens with zero attached hydrogens (tertiary/aromatic N) is 3. The minimum Gasteiger partial charge on any atom is -0.384 e. The molecule has 188 valence electrons. The molecule has 0 heterocycles. The molecular weight excluding hydrogens is 484 g/mol. The van der Waals surface area contributed by atoms with Gasteiger partial charge in [-0.3, -0.25) is 15.1 Å². The van der Waals surface area contributed by atoms with Gasteiger partial charge in [0.25, 0.3) is 5.69 Å². The Morgan fingerprint density at radius 1 is 0.972 bits per heavy atom. The number of amidine groups is 1. The highest BCUT2D eigenvalue weighted by Gasteiger charge is 2.19. The second kappa shape index (κ2) is 11.4. The summed E-state index contributed by atoms with van der Waals surface area (Å²) in [7, 11) is 0.0131. The standard InChI is InChI=1S/C24H26N6O5S/c1-29(2)15-14-26-23(25)17-4-3-5-19(16-17)28-24(31)27-18-6-10-21(11-7-18)36(34,35)22-12-8-20(9-13-22)30(32)33/h3-13,16H,14-15H2,1-2H3,(H2,25,26)(H2,27,28,31). The van der Waals surface area contributed by atoms with Crippen LogP contribution in [0.1, 0.15) is 5.56 Å². The predicted molar refractivity (Wildman–Crippen MR) is 138 cm³/mol. The smallest absolute Gasteiger partial charge is 0.323 e. The predicted octanol–water partition coefficient (Wildman–Crippen LogP) is 3.34. The number of amides is 2. The summed E-state index contributed by atoms with van der Waals surface area (Å²) in [5.74, 6) is 0.366. The second-order valence-electron chi connectivity index (χ2n) is 8.01. The van der Waals surface area contributed by atoms with Gasteiger partial charge in [0, 0.05) is 35.6 Å². The molecule has 36 heavy (non-hydrogen) atoms. The molecule has 0 fully saturated rings. The lowest BCUT2D eigenvalue weighted by Crippen LogP contribution is -2.21. The van der Waals surface area contributed by atoms with Crippen molar-refractivity contribution in [2.24, 2.45) is 10.7 Å². The highest BCUT2D eigenvalue weighted by molar-refractivity contribution is 7.91. The van der Waals surface area contributed by atoms with Gasteiger partial charge in [-0.05, 0) is 62.6 Å². The molecule has 0 unspecified atom stereocenters. The average Bonchev–Trinajstić information content (AvgIpc) is 2.84. The topological polar surface area (TPSA) is 160 Å². The van der Waals surface area contributed by atoms with E-state index >= 15 is 0 Å². The first kappa shape index (κ1) is 26.3. The highest BCUT2D eigenvalue weighted by atomic mass is 32.2. The largest absolute Gasteiger partial charge is 0.384 e. The Hall–Kier alpha value is -4.29. The average molecular weight is 511 g/mol. The molecule has 0 atom stereocenters. The first-order valence-electron chi connectivity index (χ1n) is 10.8. The maximum atomic E-state index is 12.8. The van der Waals surface area contributed by atoms with Crippen molar-refractivity contribution in [3.63, 3.8) is 0 Å². The van der Waals surface area contributed by atoms with Crippen LogP contribution in [0.25, 0.3) is 0 Å². The van der Waals surface area contributed by atoms with Crippen LogP contribution in [0.15, 0.2) is 87.6 Å². The third-order valence-electron chi connectivity index (χ3n) is 5.03. The van der Waals surface area contributed by atoms with Crippen LogP contribution >= 0.6 is 0 Å². The summed E-state index contributed by atoms with van der Waals surface area (Å²) in [6, 6.07) is 16.6. The number of carbonyl (C=O) groups is 1. The van der Waals surface area contributed by atoms with E-state index in [1.807, 2.05) is 19.0 Å². The van der Waals surface area contributed by atoms with Crippen LogP contribution in [-0.2, 0) is 9.84 Å². The SMILES string of the molecule is CN(C)CCN=C(N)c1cccc(NC(=O)Nc2ccc(S(=O)(=O)c3ccc([N+](=O)[O-])cc3)cc2)c1. The first-order valence-corrected chi connectivity index (χ1v) is 12.3. The van der Waals surface area contributed by atoms with Crippen molar-refractivity contribution in [2.75, 3.05) is 37.8 Å². The van der Waals surface area contributed by atoms with Crippen molar-refractivity contribution in [3.8, 4) is 0 Å². The lowest BCUT2D eigenvalue weighted by atomic mass is 10.2. The number of hydrogen-bond donors (Lipinski definition) is 3. The summed E-state index contributed by atoms with van der Waals surface area (Å²) in [5, 5.41) is 16.1. The summed E-state index contributed by atoms with van der Waals surface area (Å²) in [6.07, 6.45) is 0. The fraction of sp³-hybridized carbons (Fsp3) is 0.167. The molecule has 0 bridgehead atoms. The number of sulfone groups is 1. The molecule has 3 aromatic rings. The maximum Gasteiger partial charge on any atom is 0.323 e. The minimum absolute atomic E-state index is 0.0148. The van der Waals surface area contributed by atoms with E-state index in [1.165, 1.54) is 36.4 Å². The fourth-order valence-electron chi connectivity index (χ4n) is 3.11. The summed E-state index contributed by atoms with van der Waals surface area (Å²) >= 11 is 0. The van der Waals surface area contributed by atoms with Crippen LogP contribution < -0.4 is 16.4 Å². The zero-order valence-electron chi connectivity index (χ0n) is 19.7. The van der Waals surface area contributed by atoms with Crippen molar-refractivity contribution in [1.29, 1.82) is 0 Å². The molecule has 3 rings (SSSR count). The van der Waals surface area contributed by atoms with Crippen LogP contribution in [0.3, 0.4) is 0 Å². The number of anilines is 2. The van der Waals surface area contributed by atoms with Crippen LogP contribution in [-0.4, -0.2) is 57.3 Å². The molecule has 11 nitrogen and oxygen atoms in total. The molecule has 0 radical (unpaired) electrons. The van der Waals surface area contributed by atoms with Gasteiger partial charge in [-0.1, -0.05) is 12.1 Å². The van der Waals surface area contributed by atoms with Crippen molar-refractivity contribution in [2.45, 2.75) is 9.79 Å². The maximum absolute atomic E-state index is 12.8. The number of nitro groups is 1. The molecule has 0 aliphatic rings. The Kier molecular flexibility index (Phi) is 8.35. The second-order valence-corrected chi connectivity index (χ2v) is 9.96. The minimum atomic E-state index is -3.88. The number of hydrogen-bond acceptors (Lipinski definition) is 7. The van der Waals surface area contributed by atoms with E-state index in [0.29, 0.717) is 29.3 Å². The number of benzene rings is 3. The number of rotatable bonds is 9. The number of carbonyl (C=O) groups excluding carboxylic acids is 1. The molecule has 3 aromatic carbocycles. The molecular formula is C24H26N6O5S. The van der Waals surface area contributed by atoms with Gasteiger partial charge < -0.3 is 21.3 Å². The summed E-state index contributed by atoms with van der Waals surface area (Å²) in [4.78, 5) is 28.9. The molecule has 0 saturated heterocycles. The van der Waals surface area contributed by atoms with Gasteiger partial charge in [0.05, 0.1) is 21.3 Å². The molecule has 0 aliphatic heterocycles. The monoisotopic (exact) mass is 510 g/mol. The van der Waals surface area contributed by atoms with Crippen molar-refractivity contribution in [3.05, 3.63) is 88.5 Å². The quantitative estimate of drug-likeness (QED) is 0.172. The molecule has 0 aliphatic carbocycles. The van der Waals surface area contributed by atoms with E-state index in [9.17, 15) is 23.3 Å². The van der Waals surface area contributed by atoms with Gasteiger partial charge in [0.1, 0.15) is 5.84 Å². The van der Waals surface area contributed by atoms with Gasteiger partial charge in [-0.15, -0.1) is 0 Å². The van der Waals surface area contributed by atoms with Crippen LogP contribution in [0, 0.1) is 10.1 Å². The zero-order chi connectivity index (χ0) is 26.3. The molecule has 12 heteroatoms. The van der Waals surface area contributed by atoms with Gasteiger partial charge in [-0.2, -0.15) is 0 Å². The van der Waals surface area contributed by atoms with Gasteiger partial charge >= 0.3 is 6.03 Å². The molecule has 4 N–H and O–H groups in total. The van der Waals surface area contributed by atoms with Crippen molar-refractivity contribution < 1.29 is 18.1 Å². The normalized spacial score (nSPS) is 11.8.